The van der Waals surface area contributed by atoms with E-state index in [2.05, 4.69) is 29.3 Å². The number of hydrogen-bond acceptors (Lipinski definition) is 2. The van der Waals surface area contributed by atoms with Gasteiger partial charge in [0, 0.05) is 35.9 Å². The largest absolute Gasteiger partial charge is 0.369 e. The van der Waals surface area contributed by atoms with Gasteiger partial charge < -0.3 is 10.2 Å². The normalized spacial score (nSPS) is 19.7. The Morgan fingerprint density at radius 2 is 1.90 bits per heavy atom. The standard InChI is InChI=1S/C18H27ClN2/c1-2-21(17-6-4-3-5-7-17)18-11-8-15(19)12-14(18)13-20-16-9-10-16/h8,11-12,16-17,20H,2-7,9-10,13H2,1H3. The molecule has 0 spiro atoms. The average molecular weight is 307 g/mol. The molecule has 0 heterocycles. The van der Waals surface area contributed by atoms with Crippen molar-refractivity contribution in [3.8, 4) is 0 Å². The van der Waals surface area contributed by atoms with Gasteiger partial charge >= 0.3 is 0 Å². The van der Waals surface area contributed by atoms with Gasteiger partial charge in [-0.1, -0.05) is 30.9 Å². The number of nitrogens with zero attached hydrogens (tertiary/aromatic N) is 1. The van der Waals surface area contributed by atoms with Crippen molar-refractivity contribution in [2.24, 2.45) is 0 Å². The number of rotatable bonds is 6. The smallest absolute Gasteiger partial charge is 0.0415 e. The minimum Gasteiger partial charge on any atom is -0.369 e. The lowest BCUT2D eigenvalue weighted by molar-refractivity contribution is 0.417. The second kappa shape index (κ2) is 7.02. The highest BCUT2D eigenvalue weighted by Crippen LogP contribution is 2.31. The highest BCUT2D eigenvalue weighted by atomic mass is 35.5. The Hall–Kier alpha value is -0.730. The van der Waals surface area contributed by atoms with Crippen LogP contribution in [0, 0.1) is 0 Å². The quantitative estimate of drug-likeness (QED) is 0.816. The van der Waals surface area contributed by atoms with E-state index in [4.69, 9.17) is 11.6 Å². The van der Waals surface area contributed by atoms with E-state index in [0.717, 1.165) is 24.2 Å². The Morgan fingerprint density at radius 3 is 2.57 bits per heavy atom. The predicted octanol–water partition coefficient (Wildman–Crippen LogP) is 4.75. The van der Waals surface area contributed by atoms with Gasteiger partial charge in [-0.15, -0.1) is 0 Å². The average Bonchev–Trinajstić information content (AvgIpc) is 3.33. The van der Waals surface area contributed by atoms with Crippen LogP contribution in [0.4, 0.5) is 5.69 Å². The number of hydrogen-bond donors (Lipinski definition) is 1. The molecule has 2 saturated carbocycles. The lowest BCUT2D eigenvalue weighted by Gasteiger charge is -2.36. The summed E-state index contributed by atoms with van der Waals surface area (Å²) < 4.78 is 0. The van der Waals surface area contributed by atoms with Gasteiger partial charge in [0.25, 0.3) is 0 Å². The maximum atomic E-state index is 6.24. The van der Waals surface area contributed by atoms with Crippen molar-refractivity contribution in [3.05, 3.63) is 28.8 Å². The second-order valence-electron chi connectivity index (χ2n) is 6.51. The molecule has 116 valence electrons. The number of halogens is 1. The monoisotopic (exact) mass is 306 g/mol. The number of benzene rings is 1. The van der Waals surface area contributed by atoms with Crippen molar-refractivity contribution < 1.29 is 0 Å². The molecule has 3 rings (SSSR count). The van der Waals surface area contributed by atoms with Crippen molar-refractivity contribution in [3.63, 3.8) is 0 Å². The topological polar surface area (TPSA) is 15.3 Å². The van der Waals surface area contributed by atoms with E-state index in [1.54, 1.807) is 0 Å². The molecule has 0 atom stereocenters. The van der Waals surface area contributed by atoms with Crippen LogP contribution in [0.3, 0.4) is 0 Å². The molecule has 2 nitrogen and oxygen atoms in total. The van der Waals surface area contributed by atoms with Crippen LogP contribution >= 0.6 is 11.6 Å². The zero-order chi connectivity index (χ0) is 14.7. The van der Waals surface area contributed by atoms with E-state index < -0.39 is 0 Å². The fourth-order valence-electron chi connectivity index (χ4n) is 3.54. The Bertz CT molecular complexity index is 464. The summed E-state index contributed by atoms with van der Waals surface area (Å²) in [5, 5.41) is 4.49. The molecule has 0 amide bonds. The Balaban J connectivity index is 1.79. The van der Waals surface area contributed by atoms with E-state index in [1.165, 1.54) is 56.2 Å². The molecule has 1 N–H and O–H groups in total. The highest BCUT2D eigenvalue weighted by Gasteiger charge is 2.24. The summed E-state index contributed by atoms with van der Waals surface area (Å²) in [7, 11) is 0. The first kappa shape index (κ1) is 15.2. The fraction of sp³-hybridized carbons (Fsp3) is 0.667. The van der Waals surface area contributed by atoms with Crippen molar-refractivity contribution in [1.29, 1.82) is 0 Å². The summed E-state index contributed by atoms with van der Waals surface area (Å²) in [6, 6.07) is 7.87. The van der Waals surface area contributed by atoms with Crippen LogP contribution in [0.25, 0.3) is 0 Å². The van der Waals surface area contributed by atoms with Gasteiger partial charge in [-0.25, -0.2) is 0 Å². The Kier molecular flexibility index (Phi) is 5.07. The predicted molar refractivity (Wildman–Crippen MR) is 91.2 cm³/mol. The lowest BCUT2D eigenvalue weighted by atomic mass is 9.93. The number of anilines is 1. The van der Waals surface area contributed by atoms with Crippen molar-refractivity contribution in [2.75, 3.05) is 11.4 Å². The molecule has 0 radical (unpaired) electrons. The van der Waals surface area contributed by atoms with E-state index in [1.807, 2.05) is 6.07 Å². The van der Waals surface area contributed by atoms with E-state index in [0.29, 0.717) is 6.04 Å². The molecular formula is C18H27ClN2. The molecule has 1 aromatic carbocycles. The van der Waals surface area contributed by atoms with Crippen LogP contribution in [-0.2, 0) is 6.54 Å². The van der Waals surface area contributed by atoms with Gasteiger partial charge in [-0.2, -0.15) is 0 Å². The Labute approximate surface area is 133 Å². The summed E-state index contributed by atoms with van der Waals surface area (Å²) in [5.74, 6) is 0. The minimum atomic E-state index is 0.713. The maximum Gasteiger partial charge on any atom is 0.0415 e. The third kappa shape index (κ3) is 3.92. The van der Waals surface area contributed by atoms with Crippen molar-refractivity contribution >= 4 is 17.3 Å². The van der Waals surface area contributed by atoms with Gasteiger partial charge in [0.2, 0.25) is 0 Å². The molecule has 2 aliphatic carbocycles. The van der Waals surface area contributed by atoms with Crippen LogP contribution in [0.5, 0.6) is 0 Å². The Morgan fingerprint density at radius 1 is 1.14 bits per heavy atom. The van der Waals surface area contributed by atoms with Crippen LogP contribution in [0.1, 0.15) is 57.4 Å². The summed E-state index contributed by atoms with van der Waals surface area (Å²) >= 11 is 6.24. The third-order valence-corrected chi connectivity index (χ3v) is 5.10. The van der Waals surface area contributed by atoms with Crippen molar-refractivity contribution in [2.45, 2.75) is 70.5 Å². The molecule has 0 unspecified atom stereocenters. The summed E-state index contributed by atoms with van der Waals surface area (Å²) in [5.41, 5.74) is 2.75. The first-order valence-corrected chi connectivity index (χ1v) is 8.94. The van der Waals surface area contributed by atoms with Crippen LogP contribution < -0.4 is 10.2 Å². The van der Waals surface area contributed by atoms with E-state index in [-0.39, 0.29) is 0 Å². The summed E-state index contributed by atoms with van der Waals surface area (Å²) in [6.07, 6.45) is 9.50. The third-order valence-electron chi connectivity index (χ3n) is 4.87. The minimum absolute atomic E-state index is 0.713. The molecule has 3 heteroatoms. The van der Waals surface area contributed by atoms with Gasteiger partial charge in [-0.05, 0) is 56.4 Å². The molecule has 0 aliphatic heterocycles. The van der Waals surface area contributed by atoms with E-state index in [9.17, 15) is 0 Å². The van der Waals surface area contributed by atoms with Gasteiger partial charge in [0.1, 0.15) is 0 Å². The molecule has 21 heavy (non-hydrogen) atoms. The van der Waals surface area contributed by atoms with Gasteiger partial charge in [0.05, 0.1) is 0 Å². The molecule has 1 aromatic rings. The van der Waals surface area contributed by atoms with Gasteiger partial charge in [-0.3, -0.25) is 0 Å². The molecule has 0 bridgehead atoms. The first-order chi connectivity index (χ1) is 10.3. The molecule has 0 saturated heterocycles. The highest BCUT2D eigenvalue weighted by molar-refractivity contribution is 6.30. The zero-order valence-corrected chi connectivity index (χ0v) is 13.8. The van der Waals surface area contributed by atoms with Crippen molar-refractivity contribution in [1.82, 2.24) is 5.32 Å². The summed E-state index contributed by atoms with van der Waals surface area (Å²) in [6.45, 7) is 4.31. The fourth-order valence-corrected chi connectivity index (χ4v) is 3.73. The zero-order valence-electron chi connectivity index (χ0n) is 13.1. The van der Waals surface area contributed by atoms with Gasteiger partial charge in [0.15, 0.2) is 0 Å². The van der Waals surface area contributed by atoms with E-state index >= 15 is 0 Å². The molecule has 2 aliphatic rings. The molecule has 0 aromatic heterocycles. The van der Waals surface area contributed by atoms with Crippen LogP contribution in [-0.4, -0.2) is 18.6 Å². The second-order valence-corrected chi connectivity index (χ2v) is 6.94. The molecular weight excluding hydrogens is 280 g/mol. The first-order valence-electron chi connectivity index (χ1n) is 8.56. The SMILES string of the molecule is CCN(c1ccc(Cl)cc1CNC1CC1)C1CCCCC1. The summed E-state index contributed by atoms with van der Waals surface area (Å²) in [4.78, 5) is 2.61. The maximum absolute atomic E-state index is 6.24. The van der Waals surface area contributed by atoms with Crippen LogP contribution in [0.15, 0.2) is 18.2 Å². The number of nitrogens with one attached hydrogen (secondary N) is 1. The molecule has 2 fully saturated rings. The van der Waals surface area contributed by atoms with Crippen LogP contribution in [0.2, 0.25) is 5.02 Å². The lowest BCUT2D eigenvalue weighted by Crippen LogP contribution is -2.37.